The zero-order valence-corrected chi connectivity index (χ0v) is 10.4. The molecule has 2 aromatic heterocycles. The number of nitrogens with two attached hydrogens (primary N) is 1. The maximum absolute atomic E-state index is 11.2. The lowest BCUT2D eigenvalue weighted by Crippen LogP contribution is -2.11. The lowest BCUT2D eigenvalue weighted by Gasteiger charge is -2.03. The van der Waals surface area contributed by atoms with Crippen LogP contribution in [0.3, 0.4) is 0 Å². The van der Waals surface area contributed by atoms with Crippen molar-refractivity contribution in [2.45, 2.75) is 0 Å². The number of amides is 1. The molecule has 0 aliphatic heterocycles. The predicted molar refractivity (Wildman–Crippen MR) is 72.5 cm³/mol. The van der Waals surface area contributed by atoms with Crippen LogP contribution in [-0.2, 0) is 7.05 Å². The van der Waals surface area contributed by atoms with Crippen LogP contribution >= 0.6 is 0 Å². The van der Waals surface area contributed by atoms with Gasteiger partial charge in [0.1, 0.15) is 0 Å². The Balaban J connectivity index is 2.13. The first-order valence-corrected chi connectivity index (χ1v) is 5.82. The molecule has 5 nitrogen and oxygen atoms in total. The third kappa shape index (κ3) is 1.95. The van der Waals surface area contributed by atoms with Gasteiger partial charge in [-0.1, -0.05) is 6.07 Å². The predicted octanol–water partition coefficient (Wildman–Crippen LogP) is 1.73. The summed E-state index contributed by atoms with van der Waals surface area (Å²) in [5.41, 5.74) is 8.57. The third-order valence-corrected chi connectivity index (χ3v) is 3.10. The second-order valence-corrected chi connectivity index (χ2v) is 4.37. The van der Waals surface area contributed by atoms with Crippen LogP contribution in [-0.4, -0.2) is 20.7 Å². The Morgan fingerprint density at radius 2 is 2.00 bits per heavy atom. The highest BCUT2D eigenvalue weighted by atomic mass is 16.1. The van der Waals surface area contributed by atoms with Crippen LogP contribution in [0, 0.1) is 0 Å². The Morgan fingerprint density at radius 1 is 1.16 bits per heavy atom. The summed E-state index contributed by atoms with van der Waals surface area (Å²) in [7, 11) is 1.90. The number of carbonyl (C=O) groups excluding carboxylic acids is 1. The Labute approximate surface area is 109 Å². The molecule has 1 aromatic carbocycles. The van der Waals surface area contributed by atoms with Crippen LogP contribution in [0.15, 0.2) is 42.9 Å². The SMILES string of the molecule is Cn1ncc2cc(-c3cncc(C(N)=O)c3)ccc21. The van der Waals surface area contributed by atoms with Crippen LogP contribution < -0.4 is 5.73 Å². The number of pyridine rings is 1. The number of aromatic nitrogens is 3. The Bertz CT molecular complexity index is 776. The number of benzene rings is 1. The fraction of sp³-hybridized carbons (Fsp3) is 0.0714. The van der Waals surface area contributed by atoms with E-state index < -0.39 is 5.91 Å². The molecule has 0 radical (unpaired) electrons. The lowest BCUT2D eigenvalue weighted by atomic mass is 10.0. The fourth-order valence-corrected chi connectivity index (χ4v) is 2.08. The number of aryl methyl sites for hydroxylation is 1. The maximum atomic E-state index is 11.2. The number of fused-ring (bicyclic) bond motifs is 1. The highest BCUT2D eigenvalue weighted by Crippen LogP contribution is 2.24. The summed E-state index contributed by atoms with van der Waals surface area (Å²) in [6.07, 6.45) is 4.99. The molecule has 0 saturated carbocycles. The van der Waals surface area contributed by atoms with Crippen molar-refractivity contribution < 1.29 is 4.79 Å². The average Bonchev–Trinajstić information content (AvgIpc) is 2.80. The molecule has 0 saturated heterocycles. The lowest BCUT2D eigenvalue weighted by molar-refractivity contribution is 0.1000. The van der Waals surface area contributed by atoms with Crippen molar-refractivity contribution in [3.05, 3.63) is 48.4 Å². The van der Waals surface area contributed by atoms with Gasteiger partial charge in [0.25, 0.3) is 0 Å². The first-order chi connectivity index (χ1) is 9.15. The molecule has 0 aliphatic carbocycles. The quantitative estimate of drug-likeness (QED) is 0.754. The normalized spacial score (nSPS) is 10.8. The minimum Gasteiger partial charge on any atom is -0.366 e. The van der Waals surface area contributed by atoms with Gasteiger partial charge >= 0.3 is 0 Å². The van der Waals surface area contributed by atoms with Crippen molar-refractivity contribution in [2.24, 2.45) is 12.8 Å². The summed E-state index contributed by atoms with van der Waals surface area (Å²) >= 11 is 0. The smallest absolute Gasteiger partial charge is 0.250 e. The van der Waals surface area contributed by atoms with E-state index in [1.54, 1.807) is 12.3 Å². The van der Waals surface area contributed by atoms with Gasteiger partial charge in [-0.05, 0) is 23.8 Å². The molecule has 3 aromatic rings. The molecule has 3 rings (SSSR count). The van der Waals surface area contributed by atoms with Crippen molar-refractivity contribution in [3.8, 4) is 11.1 Å². The maximum Gasteiger partial charge on any atom is 0.250 e. The van der Waals surface area contributed by atoms with E-state index in [0.29, 0.717) is 5.56 Å². The number of nitrogens with zero attached hydrogens (tertiary/aromatic N) is 3. The molecule has 0 atom stereocenters. The molecule has 5 heteroatoms. The third-order valence-electron chi connectivity index (χ3n) is 3.10. The van der Waals surface area contributed by atoms with E-state index in [1.165, 1.54) is 6.20 Å². The topological polar surface area (TPSA) is 73.8 Å². The molecule has 1 amide bonds. The van der Waals surface area contributed by atoms with E-state index in [-0.39, 0.29) is 0 Å². The van der Waals surface area contributed by atoms with Gasteiger partial charge in [-0.3, -0.25) is 14.5 Å². The number of hydrogen-bond donors (Lipinski definition) is 1. The molecular weight excluding hydrogens is 240 g/mol. The first kappa shape index (κ1) is 11.4. The number of carbonyl (C=O) groups is 1. The van der Waals surface area contributed by atoms with E-state index >= 15 is 0 Å². The summed E-state index contributed by atoms with van der Waals surface area (Å²) in [6.45, 7) is 0. The van der Waals surface area contributed by atoms with Gasteiger partial charge in [0, 0.05) is 30.4 Å². The molecule has 2 heterocycles. The first-order valence-electron chi connectivity index (χ1n) is 5.82. The molecule has 0 bridgehead atoms. The van der Waals surface area contributed by atoms with E-state index in [0.717, 1.165) is 22.0 Å². The van der Waals surface area contributed by atoms with Crippen molar-refractivity contribution in [1.82, 2.24) is 14.8 Å². The van der Waals surface area contributed by atoms with Gasteiger partial charge in [0.05, 0.1) is 17.3 Å². The number of primary amides is 1. The van der Waals surface area contributed by atoms with Crippen LogP contribution in [0.4, 0.5) is 0 Å². The average molecular weight is 252 g/mol. The van der Waals surface area contributed by atoms with Crippen molar-refractivity contribution in [1.29, 1.82) is 0 Å². The van der Waals surface area contributed by atoms with Crippen molar-refractivity contribution in [2.75, 3.05) is 0 Å². The Kier molecular flexibility index (Phi) is 2.52. The van der Waals surface area contributed by atoms with E-state index in [1.807, 2.05) is 36.1 Å². The summed E-state index contributed by atoms with van der Waals surface area (Å²) in [6, 6.07) is 7.73. The molecule has 0 unspecified atom stereocenters. The summed E-state index contributed by atoms with van der Waals surface area (Å²) in [5, 5.41) is 5.25. The highest BCUT2D eigenvalue weighted by molar-refractivity contribution is 5.94. The molecule has 19 heavy (non-hydrogen) atoms. The Hall–Kier alpha value is -2.69. The molecule has 0 spiro atoms. The second kappa shape index (κ2) is 4.20. The van der Waals surface area contributed by atoms with Crippen molar-refractivity contribution in [3.63, 3.8) is 0 Å². The van der Waals surface area contributed by atoms with E-state index in [2.05, 4.69) is 10.1 Å². The number of hydrogen-bond acceptors (Lipinski definition) is 3. The van der Waals surface area contributed by atoms with Crippen LogP contribution in [0.1, 0.15) is 10.4 Å². The molecule has 94 valence electrons. The van der Waals surface area contributed by atoms with E-state index in [9.17, 15) is 4.79 Å². The van der Waals surface area contributed by atoms with Crippen LogP contribution in [0.25, 0.3) is 22.0 Å². The minimum atomic E-state index is -0.475. The second-order valence-electron chi connectivity index (χ2n) is 4.37. The van der Waals surface area contributed by atoms with Crippen molar-refractivity contribution >= 4 is 16.8 Å². The van der Waals surface area contributed by atoms with Crippen LogP contribution in [0.5, 0.6) is 0 Å². The summed E-state index contributed by atoms with van der Waals surface area (Å²) in [4.78, 5) is 15.2. The van der Waals surface area contributed by atoms with Gasteiger partial charge in [-0.2, -0.15) is 5.10 Å². The zero-order chi connectivity index (χ0) is 13.4. The zero-order valence-electron chi connectivity index (χ0n) is 10.4. The van der Waals surface area contributed by atoms with Gasteiger partial charge in [0.15, 0.2) is 0 Å². The summed E-state index contributed by atoms with van der Waals surface area (Å²) in [5.74, 6) is -0.475. The highest BCUT2D eigenvalue weighted by Gasteiger charge is 2.06. The molecule has 2 N–H and O–H groups in total. The van der Waals surface area contributed by atoms with E-state index in [4.69, 9.17) is 5.73 Å². The Morgan fingerprint density at radius 3 is 2.79 bits per heavy atom. The number of rotatable bonds is 2. The minimum absolute atomic E-state index is 0.406. The van der Waals surface area contributed by atoms with Gasteiger partial charge in [0.2, 0.25) is 5.91 Å². The van der Waals surface area contributed by atoms with Gasteiger partial charge < -0.3 is 5.73 Å². The largest absolute Gasteiger partial charge is 0.366 e. The van der Waals surface area contributed by atoms with Crippen LogP contribution in [0.2, 0.25) is 0 Å². The fourth-order valence-electron chi connectivity index (χ4n) is 2.08. The van der Waals surface area contributed by atoms with Gasteiger partial charge in [-0.25, -0.2) is 0 Å². The van der Waals surface area contributed by atoms with Gasteiger partial charge in [-0.15, -0.1) is 0 Å². The molecule has 0 aliphatic rings. The standard InChI is InChI=1S/C14H12N4O/c1-18-13-3-2-9(4-11(13)8-17-18)10-5-12(14(15)19)7-16-6-10/h2-8H,1H3,(H2,15,19). The molecular formula is C14H12N4O. The monoisotopic (exact) mass is 252 g/mol. The summed E-state index contributed by atoms with van der Waals surface area (Å²) < 4.78 is 1.82. The molecule has 0 fully saturated rings.